The molecule has 0 atom stereocenters. The monoisotopic (exact) mass is 324 g/mol. The topological polar surface area (TPSA) is 49.3 Å². The molecule has 126 valence electrons. The molecule has 0 spiro atoms. The molecule has 0 saturated carbocycles. The number of rotatable bonds is 4. The van der Waals surface area contributed by atoms with E-state index < -0.39 is 0 Å². The van der Waals surface area contributed by atoms with Crippen molar-refractivity contribution in [3.63, 3.8) is 0 Å². The maximum Gasteiger partial charge on any atom is 0.256 e. The van der Waals surface area contributed by atoms with E-state index in [1.807, 2.05) is 40.1 Å². The molecule has 24 heavy (non-hydrogen) atoms. The first-order chi connectivity index (χ1) is 11.7. The Morgan fingerprint density at radius 2 is 1.79 bits per heavy atom. The predicted octanol–water partition coefficient (Wildman–Crippen LogP) is 3.51. The third-order valence-corrected chi connectivity index (χ3v) is 4.58. The smallest absolute Gasteiger partial charge is 0.256 e. The Hall–Kier alpha value is -2.43. The van der Waals surface area contributed by atoms with Crippen LogP contribution < -0.4 is 4.90 Å². The summed E-state index contributed by atoms with van der Waals surface area (Å²) in [6, 6.07) is 10.0. The first kappa shape index (κ1) is 16.4. The van der Waals surface area contributed by atoms with Gasteiger partial charge in [-0.25, -0.2) is 9.97 Å². The van der Waals surface area contributed by atoms with Crippen molar-refractivity contribution in [3.05, 3.63) is 48.3 Å². The average molecular weight is 324 g/mol. The van der Waals surface area contributed by atoms with Crippen LogP contribution in [0.4, 0.5) is 11.6 Å². The number of amides is 1. The van der Waals surface area contributed by atoms with Crippen LogP contribution in [0.1, 0.15) is 37.0 Å². The average Bonchev–Trinajstić information content (AvgIpc) is 2.64. The number of likely N-dealkylation sites (tertiary alicyclic amines) is 1. The van der Waals surface area contributed by atoms with E-state index in [9.17, 15) is 4.79 Å². The molecule has 0 N–H and O–H groups in total. The van der Waals surface area contributed by atoms with Gasteiger partial charge in [-0.2, -0.15) is 0 Å². The van der Waals surface area contributed by atoms with Crippen molar-refractivity contribution in [1.29, 1.82) is 0 Å². The summed E-state index contributed by atoms with van der Waals surface area (Å²) in [5.41, 5.74) is 1.61. The van der Waals surface area contributed by atoms with E-state index >= 15 is 0 Å². The van der Waals surface area contributed by atoms with Gasteiger partial charge < -0.3 is 9.80 Å². The van der Waals surface area contributed by atoms with Gasteiger partial charge in [0.2, 0.25) is 5.95 Å². The standard InChI is InChI=1S/C19H24N4O/c1-3-23(17-7-5-4-6-8-17)19-20-13-16(14-21-19)18(24)22-11-9-15(2)10-12-22/h4-8,13-15H,3,9-12H2,1-2H3. The minimum Gasteiger partial charge on any atom is -0.339 e. The quantitative estimate of drug-likeness (QED) is 0.863. The van der Waals surface area contributed by atoms with E-state index in [2.05, 4.69) is 23.8 Å². The highest BCUT2D eigenvalue weighted by Gasteiger charge is 2.22. The molecule has 2 aromatic rings. The molecule has 2 heterocycles. The van der Waals surface area contributed by atoms with Crippen molar-refractivity contribution in [2.24, 2.45) is 5.92 Å². The van der Waals surface area contributed by atoms with Gasteiger partial charge in [-0.1, -0.05) is 25.1 Å². The van der Waals surface area contributed by atoms with Gasteiger partial charge in [0.25, 0.3) is 5.91 Å². The Labute approximate surface area is 143 Å². The zero-order chi connectivity index (χ0) is 16.9. The molecular weight excluding hydrogens is 300 g/mol. The molecule has 0 unspecified atom stereocenters. The number of carbonyl (C=O) groups excluding carboxylic acids is 1. The van der Waals surface area contributed by atoms with Crippen LogP contribution in [0.25, 0.3) is 0 Å². The predicted molar refractivity (Wildman–Crippen MR) is 95.5 cm³/mol. The molecule has 0 aliphatic carbocycles. The van der Waals surface area contributed by atoms with Gasteiger partial charge in [-0.05, 0) is 37.8 Å². The fourth-order valence-corrected chi connectivity index (χ4v) is 3.01. The van der Waals surface area contributed by atoms with Gasteiger partial charge in [0.1, 0.15) is 0 Å². The van der Waals surface area contributed by atoms with Gasteiger partial charge in [-0.15, -0.1) is 0 Å². The maximum atomic E-state index is 12.6. The fraction of sp³-hybridized carbons (Fsp3) is 0.421. The van der Waals surface area contributed by atoms with Crippen molar-refractivity contribution in [1.82, 2.24) is 14.9 Å². The Balaban J connectivity index is 1.74. The number of benzene rings is 1. The van der Waals surface area contributed by atoms with Crippen molar-refractivity contribution >= 4 is 17.5 Å². The lowest BCUT2D eigenvalue weighted by Crippen LogP contribution is -2.38. The van der Waals surface area contributed by atoms with Crippen LogP contribution in [0.2, 0.25) is 0 Å². The summed E-state index contributed by atoms with van der Waals surface area (Å²) >= 11 is 0. The molecule has 1 fully saturated rings. The first-order valence-corrected chi connectivity index (χ1v) is 8.63. The van der Waals surface area contributed by atoms with Crippen LogP contribution in [-0.4, -0.2) is 40.4 Å². The Morgan fingerprint density at radius 1 is 1.17 bits per heavy atom. The van der Waals surface area contributed by atoms with E-state index in [-0.39, 0.29) is 5.91 Å². The van der Waals surface area contributed by atoms with E-state index in [1.165, 1.54) is 0 Å². The molecule has 1 aromatic heterocycles. The van der Waals surface area contributed by atoms with Gasteiger partial charge in [0.15, 0.2) is 0 Å². The van der Waals surface area contributed by atoms with Gasteiger partial charge >= 0.3 is 0 Å². The normalized spacial score (nSPS) is 15.3. The number of para-hydroxylation sites is 1. The first-order valence-electron chi connectivity index (χ1n) is 8.63. The van der Waals surface area contributed by atoms with E-state index in [0.717, 1.165) is 38.2 Å². The minimum absolute atomic E-state index is 0.0382. The lowest BCUT2D eigenvalue weighted by atomic mass is 9.99. The van der Waals surface area contributed by atoms with Crippen molar-refractivity contribution in [3.8, 4) is 0 Å². The summed E-state index contributed by atoms with van der Waals surface area (Å²) in [6.45, 7) is 6.72. The largest absolute Gasteiger partial charge is 0.339 e. The van der Waals surface area contributed by atoms with Crippen LogP contribution in [0.15, 0.2) is 42.7 Å². The molecule has 5 nitrogen and oxygen atoms in total. The Bertz CT molecular complexity index is 664. The molecule has 1 aliphatic rings. The maximum absolute atomic E-state index is 12.6. The van der Waals surface area contributed by atoms with E-state index in [1.54, 1.807) is 12.4 Å². The molecule has 1 saturated heterocycles. The molecule has 0 bridgehead atoms. The molecule has 0 radical (unpaired) electrons. The number of hydrogen-bond donors (Lipinski definition) is 0. The molecule has 1 aromatic carbocycles. The summed E-state index contributed by atoms with van der Waals surface area (Å²) in [7, 11) is 0. The molecule has 3 rings (SSSR count). The Morgan fingerprint density at radius 3 is 2.38 bits per heavy atom. The third kappa shape index (κ3) is 3.55. The van der Waals surface area contributed by atoms with Crippen LogP contribution in [0, 0.1) is 5.92 Å². The number of anilines is 2. The number of nitrogens with zero attached hydrogens (tertiary/aromatic N) is 4. The second kappa shape index (κ2) is 7.43. The third-order valence-electron chi connectivity index (χ3n) is 4.58. The summed E-state index contributed by atoms with van der Waals surface area (Å²) in [4.78, 5) is 25.3. The van der Waals surface area contributed by atoms with Crippen LogP contribution in [0.3, 0.4) is 0 Å². The summed E-state index contributed by atoms with van der Waals surface area (Å²) in [6.07, 6.45) is 5.44. The number of piperidine rings is 1. The van der Waals surface area contributed by atoms with Crippen molar-refractivity contribution < 1.29 is 4.79 Å². The number of aromatic nitrogens is 2. The zero-order valence-corrected chi connectivity index (χ0v) is 14.4. The van der Waals surface area contributed by atoms with Gasteiger partial charge in [0, 0.05) is 37.7 Å². The molecule has 1 amide bonds. The summed E-state index contributed by atoms with van der Waals surface area (Å²) < 4.78 is 0. The summed E-state index contributed by atoms with van der Waals surface area (Å²) in [5, 5.41) is 0. The molecular formula is C19H24N4O. The number of carbonyl (C=O) groups is 1. The molecule has 5 heteroatoms. The lowest BCUT2D eigenvalue weighted by Gasteiger charge is -2.30. The van der Waals surface area contributed by atoms with Crippen LogP contribution in [-0.2, 0) is 0 Å². The Kier molecular flexibility index (Phi) is 5.08. The van der Waals surface area contributed by atoms with Gasteiger partial charge in [-0.3, -0.25) is 4.79 Å². The van der Waals surface area contributed by atoms with Crippen molar-refractivity contribution in [2.45, 2.75) is 26.7 Å². The molecule has 1 aliphatic heterocycles. The van der Waals surface area contributed by atoms with E-state index in [4.69, 9.17) is 0 Å². The zero-order valence-electron chi connectivity index (χ0n) is 14.4. The second-order valence-electron chi connectivity index (χ2n) is 6.33. The fourth-order valence-electron chi connectivity index (χ4n) is 3.01. The van der Waals surface area contributed by atoms with Gasteiger partial charge in [0.05, 0.1) is 5.56 Å². The van der Waals surface area contributed by atoms with Crippen molar-refractivity contribution in [2.75, 3.05) is 24.5 Å². The lowest BCUT2D eigenvalue weighted by molar-refractivity contribution is 0.0696. The highest BCUT2D eigenvalue weighted by Crippen LogP contribution is 2.22. The highest BCUT2D eigenvalue weighted by molar-refractivity contribution is 5.93. The summed E-state index contributed by atoms with van der Waals surface area (Å²) in [5.74, 6) is 1.36. The van der Waals surface area contributed by atoms with E-state index in [0.29, 0.717) is 17.4 Å². The highest BCUT2D eigenvalue weighted by atomic mass is 16.2. The minimum atomic E-state index is 0.0382. The van der Waals surface area contributed by atoms with Crippen LogP contribution in [0.5, 0.6) is 0 Å². The second-order valence-corrected chi connectivity index (χ2v) is 6.33. The SMILES string of the molecule is CCN(c1ccccc1)c1ncc(C(=O)N2CCC(C)CC2)cn1. The number of hydrogen-bond acceptors (Lipinski definition) is 4. The van der Waals surface area contributed by atoms with Crippen LogP contribution >= 0.6 is 0 Å².